The van der Waals surface area contributed by atoms with Crippen LogP contribution in [0.4, 0.5) is 5.69 Å². The van der Waals surface area contributed by atoms with Crippen LogP contribution in [0.15, 0.2) is 72.1 Å². The van der Waals surface area contributed by atoms with Crippen molar-refractivity contribution in [1.82, 2.24) is 14.3 Å². The number of carbonyl (C=O) groups is 1. The first-order valence-electron chi connectivity index (χ1n) is 8.84. The van der Waals surface area contributed by atoms with Gasteiger partial charge in [0.1, 0.15) is 0 Å². The second kappa shape index (κ2) is 8.37. The van der Waals surface area contributed by atoms with Crippen LogP contribution >= 0.6 is 0 Å². The van der Waals surface area contributed by atoms with Crippen LogP contribution < -0.4 is 10.0 Å². The van der Waals surface area contributed by atoms with Gasteiger partial charge in [-0.2, -0.15) is 0 Å². The largest absolute Gasteiger partial charge is 0.322 e. The molecule has 0 aliphatic carbocycles. The molecule has 0 radical (unpaired) electrons. The molecule has 0 unspecified atom stereocenters. The van der Waals surface area contributed by atoms with Gasteiger partial charge in [0.05, 0.1) is 11.2 Å². The number of carbonyl (C=O) groups excluding carboxylic acids is 1. The molecule has 8 heteroatoms. The van der Waals surface area contributed by atoms with E-state index in [1.54, 1.807) is 24.7 Å². The second-order valence-corrected chi connectivity index (χ2v) is 8.51. The van der Waals surface area contributed by atoms with Crippen molar-refractivity contribution < 1.29 is 13.2 Å². The molecule has 3 rings (SSSR count). The summed E-state index contributed by atoms with van der Waals surface area (Å²) in [4.78, 5) is 16.5. The van der Waals surface area contributed by atoms with Gasteiger partial charge < -0.3 is 9.88 Å². The van der Waals surface area contributed by atoms with Crippen molar-refractivity contribution >= 4 is 21.6 Å². The molecule has 2 aromatic carbocycles. The minimum absolute atomic E-state index is 0.134. The summed E-state index contributed by atoms with van der Waals surface area (Å²) in [6, 6.07) is 13.2. The number of amides is 1. The molecular formula is C20H22N4O3S. The molecule has 1 heterocycles. The quantitative estimate of drug-likeness (QED) is 0.640. The Labute approximate surface area is 164 Å². The topological polar surface area (TPSA) is 93.1 Å². The predicted molar refractivity (Wildman–Crippen MR) is 108 cm³/mol. The van der Waals surface area contributed by atoms with E-state index < -0.39 is 10.0 Å². The third-order valence-electron chi connectivity index (χ3n) is 4.04. The number of nitrogens with zero attached hydrogens (tertiary/aromatic N) is 2. The zero-order valence-corrected chi connectivity index (χ0v) is 16.5. The van der Waals surface area contributed by atoms with Gasteiger partial charge in [-0.3, -0.25) is 4.79 Å². The fourth-order valence-electron chi connectivity index (χ4n) is 2.48. The molecular weight excluding hydrogens is 376 g/mol. The maximum atomic E-state index is 12.4. The van der Waals surface area contributed by atoms with Crippen molar-refractivity contribution in [2.24, 2.45) is 5.92 Å². The summed E-state index contributed by atoms with van der Waals surface area (Å²) in [5, 5.41) is 2.80. The van der Waals surface area contributed by atoms with Gasteiger partial charge in [0.15, 0.2) is 0 Å². The first kappa shape index (κ1) is 19.8. The molecule has 0 spiro atoms. The number of imidazole rings is 1. The molecule has 2 N–H and O–H groups in total. The lowest BCUT2D eigenvalue weighted by Gasteiger charge is -2.10. The molecule has 28 heavy (non-hydrogen) atoms. The van der Waals surface area contributed by atoms with E-state index in [1.807, 2.05) is 36.7 Å². The SMILES string of the molecule is CC(C)CNS(=O)(=O)c1ccc(C(=O)Nc2ccc(-n3ccnc3)cc2)cc1. The summed E-state index contributed by atoms with van der Waals surface area (Å²) in [5.41, 5.74) is 1.95. The fraction of sp³-hybridized carbons (Fsp3) is 0.200. The molecule has 0 aliphatic heterocycles. The monoisotopic (exact) mass is 398 g/mol. The molecule has 0 atom stereocenters. The number of hydrogen-bond acceptors (Lipinski definition) is 4. The Balaban J connectivity index is 1.66. The van der Waals surface area contributed by atoms with Gasteiger partial charge in [-0.25, -0.2) is 18.1 Å². The smallest absolute Gasteiger partial charge is 0.255 e. The van der Waals surface area contributed by atoms with Gasteiger partial charge in [0.2, 0.25) is 10.0 Å². The van der Waals surface area contributed by atoms with Gasteiger partial charge >= 0.3 is 0 Å². The lowest BCUT2D eigenvalue weighted by atomic mass is 10.2. The third-order valence-corrected chi connectivity index (χ3v) is 5.48. The standard InChI is InChI=1S/C20H22N4O3S/c1-15(2)13-22-28(26,27)19-9-3-16(4-10-19)20(25)23-17-5-7-18(8-6-17)24-12-11-21-14-24/h3-12,14-15,22H,13H2,1-2H3,(H,23,25). The molecule has 1 amide bonds. The Morgan fingerprint density at radius 3 is 2.32 bits per heavy atom. The number of hydrogen-bond donors (Lipinski definition) is 2. The number of anilines is 1. The van der Waals surface area contributed by atoms with E-state index in [0.717, 1.165) is 5.69 Å². The Morgan fingerprint density at radius 2 is 1.75 bits per heavy atom. The van der Waals surface area contributed by atoms with Crippen LogP contribution in [0.25, 0.3) is 5.69 Å². The zero-order chi connectivity index (χ0) is 20.1. The van der Waals surface area contributed by atoms with E-state index in [1.165, 1.54) is 24.3 Å². The Hall–Kier alpha value is -2.97. The highest BCUT2D eigenvalue weighted by molar-refractivity contribution is 7.89. The third kappa shape index (κ3) is 4.85. The average Bonchev–Trinajstić information content (AvgIpc) is 3.22. The van der Waals surface area contributed by atoms with Crippen molar-refractivity contribution in [1.29, 1.82) is 0 Å². The molecule has 0 fully saturated rings. The summed E-state index contributed by atoms with van der Waals surface area (Å²) in [5.74, 6) is -0.102. The highest BCUT2D eigenvalue weighted by atomic mass is 32.2. The lowest BCUT2D eigenvalue weighted by Crippen LogP contribution is -2.27. The van der Waals surface area contributed by atoms with Crippen molar-refractivity contribution in [3.05, 3.63) is 72.8 Å². The summed E-state index contributed by atoms with van der Waals surface area (Å²) < 4.78 is 28.8. The highest BCUT2D eigenvalue weighted by Crippen LogP contribution is 2.16. The van der Waals surface area contributed by atoms with Gasteiger partial charge in [-0.1, -0.05) is 13.8 Å². The average molecular weight is 398 g/mol. The summed E-state index contributed by atoms with van der Waals surface area (Å²) in [6.07, 6.45) is 5.22. The maximum absolute atomic E-state index is 12.4. The number of nitrogens with one attached hydrogen (secondary N) is 2. The van der Waals surface area contributed by atoms with E-state index in [0.29, 0.717) is 17.8 Å². The molecule has 146 valence electrons. The van der Waals surface area contributed by atoms with Crippen molar-refractivity contribution in [3.63, 3.8) is 0 Å². The van der Waals surface area contributed by atoms with Crippen molar-refractivity contribution in [2.45, 2.75) is 18.7 Å². The number of rotatable bonds is 7. The van der Waals surface area contributed by atoms with E-state index in [2.05, 4.69) is 15.0 Å². The van der Waals surface area contributed by atoms with Gasteiger partial charge in [-0.15, -0.1) is 0 Å². The Kier molecular flexibility index (Phi) is 5.91. The van der Waals surface area contributed by atoms with Gasteiger partial charge in [-0.05, 0) is 54.4 Å². The van der Waals surface area contributed by atoms with Crippen LogP contribution in [-0.4, -0.2) is 30.4 Å². The van der Waals surface area contributed by atoms with Crippen molar-refractivity contribution in [3.8, 4) is 5.69 Å². The second-order valence-electron chi connectivity index (χ2n) is 6.74. The molecule has 0 saturated carbocycles. The lowest BCUT2D eigenvalue weighted by molar-refractivity contribution is 0.102. The molecule has 7 nitrogen and oxygen atoms in total. The molecule has 0 saturated heterocycles. The minimum Gasteiger partial charge on any atom is -0.322 e. The van der Waals surface area contributed by atoms with E-state index in [4.69, 9.17) is 0 Å². The normalized spacial score (nSPS) is 11.5. The molecule has 0 aliphatic rings. The molecule has 1 aromatic heterocycles. The molecule has 3 aromatic rings. The van der Waals surface area contributed by atoms with Crippen LogP contribution in [0.2, 0.25) is 0 Å². The van der Waals surface area contributed by atoms with Crippen LogP contribution in [0.3, 0.4) is 0 Å². The molecule has 0 bridgehead atoms. The van der Waals surface area contributed by atoms with Crippen LogP contribution in [0.5, 0.6) is 0 Å². The summed E-state index contributed by atoms with van der Waals surface area (Å²) in [7, 11) is -3.57. The van der Waals surface area contributed by atoms with Gasteiger partial charge in [0.25, 0.3) is 5.91 Å². The fourth-order valence-corrected chi connectivity index (χ4v) is 3.69. The van der Waals surface area contributed by atoms with Crippen LogP contribution in [0.1, 0.15) is 24.2 Å². The van der Waals surface area contributed by atoms with Gasteiger partial charge in [0, 0.05) is 35.9 Å². The maximum Gasteiger partial charge on any atom is 0.255 e. The van der Waals surface area contributed by atoms with E-state index in [9.17, 15) is 13.2 Å². The van der Waals surface area contributed by atoms with E-state index in [-0.39, 0.29) is 16.7 Å². The first-order chi connectivity index (χ1) is 13.3. The van der Waals surface area contributed by atoms with Crippen molar-refractivity contribution in [2.75, 3.05) is 11.9 Å². The summed E-state index contributed by atoms with van der Waals surface area (Å²) in [6.45, 7) is 4.22. The number of sulfonamides is 1. The van der Waals surface area contributed by atoms with Crippen LogP contribution in [0, 0.1) is 5.92 Å². The zero-order valence-electron chi connectivity index (χ0n) is 15.7. The first-order valence-corrected chi connectivity index (χ1v) is 10.3. The number of benzene rings is 2. The van der Waals surface area contributed by atoms with E-state index >= 15 is 0 Å². The predicted octanol–water partition coefficient (Wildman–Crippen LogP) is 3.06. The number of aromatic nitrogens is 2. The minimum atomic E-state index is -3.57. The summed E-state index contributed by atoms with van der Waals surface area (Å²) >= 11 is 0. The highest BCUT2D eigenvalue weighted by Gasteiger charge is 2.15. The Morgan fingerprint density at radius 1 is 1.07 bits per heavy atom. The van der Waals surface area contributed by atoms with Crippen LogP contribution in [-0.2, 0) is 10.0 Å². The Bertz CT molecular complexity index is 1030.